The summed E-state index contributed by atoms with van der Waals surface area (Å²) in [4.78, 5) is 0. The van der Waals surface area contributed by atoms with E-state index >= 15 is 0 Å². The predicted octanol–water partition coefficient (Wildman–Crippen LogP) is 0.478. The van der Waals surface area contributed by atoms with Gasteiger partial charge >= 0.3 is 0 Å². The molecule has 0 saturated carbocycles. The van der Waals surface area contributed by atoms with Gasteiger partial charge in [0.2, 0.25) is 0 Å². The molecule has 0 N–H and O–H groups in total. The molecule has 1 heterocycles. The molecule has 0 aliphatic heterocycles. The van der Waals surface area contributed by atoms with Gasteiger partial charge in [-0.3, -0.25) is 4.68 Å². The predicted molar refractivity (Wildman–Crippen MR) is 62.2 cm³/mol. The van der Waals surface area contributed by atoms with Crippen LogP contribution in [0.15, 0.2) is 12.4 Å². The molecule has 0 atom stereocenters. The van der Waals surface area contributed by atoms with E-state index in [0.29, 0.717) is 39.6 Å². The highest BCUT2D eigenvalue weighted by atomic mass is 16.6. The fourth-order valence-electron chi connectivity index (χ4n) is 1.16. The van der Waals surface area contributed by atoms with Crippen molar-refractivity contribution in [2.24, 2.45) is 7.05 Å². The van der Waals surface area contributed by atoms with E-state index in [0.717, 1.165) is 5.75 Å². The second kappa shape index (κ2) is 8.98. The van der Waals surface area contributed by atoms with Gasteiger partial charge in [-0.15, -0.1) is 0 Å². The Hall–Kier alpha value is -1.11. The van der Waals surface area contributed by atoms with Gasteiger partial charge in [0, 0.05) is 14.2 Å². The van der Waals surface area contributed by atoms with Crippen LogP contribution in [0.3, 0.4) is 0 Å². The van der Waals surface area contributed by atoms with Crippen molar-refractivity contribution >= 4 is 0 Å². The van der Waals surface area contributed by atoms with Crippen LogP contribution < -0.4 is 4.74 Å². The van der Waals surface area contributed by atoms with Crippen molar-refractivity contribution in [1.29, 1.82) is 0 Å². The van der Waals surface area contributed by atoms with Gasteiger partial charge in [0.05, 0.1) is 45.4 Å². The van der Waals surface area contributed by atoms with E-state index in [9.17, 15) is 0 Å². The van der Waals surface area contributed by atoms with Gasteiger partial charge in [-0.25, -0.2) is 0 Å². The lowest BCUT2D eigenvalue weighted by molar-refractivity contribution is 0.0179. The third-order valence-electron chi connectivity index (χ3n) is 1.98. The molecule has 0 saturated heterocycles. The van der Waals surface area contributed by atoms with Crippen LogP contribution in [0.4, 0.5) is 0 Å². The molecule has 1 rings (SSSR count). The van der Waals surface area contributed by atoms with E-state index in [1.54, 1.807) is 18.0 Å². The molecule has 0 amide bonds. The largest absolute Gasteiger partial charge is 0.488 e. The number of nitrogens with zero attached hydrogens (tertiary/aromatic N) is 2. The lowest BCUT2D eigenvalue weighted by Gasteiger charge is -2.06. The molecule has 0 fully saturated rings. The molecule has 6 heteroatoms. The number of rotatable bonds is 10. The standard InChI is InChI=1S/C11H20N2O4/c1-13-10-11(9-12-13)17-8-7-16-6-5-15-4-3-14-2/h9-10H,3-8H2,1-2H3. The quantitative estimate of drug-likeness (QED) is 0.560. The Kier molecular flexibility index (Phi) is 7.37. The first-order valence-corrected chi connectivity index (χ1v) is 5.59. The van der Waals surface area contributed by atoms with Crippen molar-refractivity contribution in [3.63, 3.8) is 0 Å². The first-order chi connectivity index (χ1) is 8.33. The van der Waals surface area contributed by atoms with Crippen LogP contribution >= 0.6 is 0 Å². The van der Waals surface area contributed by atoms with Crippen LogP contribution in [0.25, 0.3) is 0 Å². The summed E-state index contributed by atoms with van der Waals surface area (Å²) < 4.78 is 22.5. The van der Waals surface area contributed by atoms with Crippen LogP contribution in [0.2, 0.25) is 0 Å². The Morgan fingerprint density at radius 2 is 1.71 bits per heavy atom. The maximum absolute atomic E-state index is 5.40. The lowest BCUT2D eigenvalue weighted by atomic mass is 10.6. The zero-order valence-electron chi connectivity index (χ0n) is 10.4. The second-order valence-corrected chi connectivity index (χ2v) is 3.42. The molecule has 0 radical (unpaired) electrons. The Labute approximate surface area is 101 Å². The Morgan fingerprint density at radius 3 is 2.29 bits per heavy atom. The minimum absolute atomic E-state index is 0.518. The summed E-state index contributed by atoms with van der Waals surface area (Å²) in [6, 6.07) is 0. The Balaban J connectivity index is 1.84. The maximum Gasteiger partial charge on any atom is 0.157 e. The van der Waals surface area contributed by atoms with Crippen LogP contribution in [0, 0.1) is 0 Å². The smallest absolute Gasteiger partial charge is 0.157 e. The van der Waals surface area contributed by atoms with Crippen LogP contribution in [-0.4, -0.2) is 56.5 Å². The number of aromatic nitrogens is 2. The van der Waals surface area contributed by atoms with Crippen molar-refractivity contribution in [3.8, 4) is 5.75 Å². The minimum Gasteiger partial charge on any atom is -0.488 e. The molecule has 0 unspecified atom stereocenters. The molecular formula is C11H20N2O4. The van der Waals surface area contributed by atoms with Gasteiger partial charge in [0.1, 0.15) is 6.61 Å². The highest BCUT2D eigenvalue weighted by molar-refractivity contribution is 5.10. The van der Waals surface area contributed by atoms with Crippen molar-refractivity contribution in [1.82, 2.24) is 9.78 Å². The molecule has 0 aliphatic carbocycles. The van der Waals surface area contributed by atoms with Crippen molar-refractivity contribution in [2.75, 3.05) is 46.8 Å². The molecule has 0 aliphatic rings. The average Bonchev–Trinajstić information content (AvgIpc) is 2.73. The number of ether oxygens (including phenoxy) is 4. The van der Waals surface area contributed by atoms with E-state index in [1.165, 1.54) is 0 Å². The minimum atomic E-state index is 0.518. The third kappa shape index (κ3) is 6.93. The summed E-state index contributed by atoms with van der Waals surface area (Å²) in [6.07, 6.45) is 3.49. The van der Waals surface area contributed by atoms with Crippen molar-refractivity contribution in [2.45, 2.75) is 0 Å². The van der Waals surface area contributed by atoms with Crippen molar-refractivity contribution in [3.05, 3.63) is 12.4 Å². The normalized spacial score (nSPS) is 10.7. The number of methoxy groups -OCH3 is 1. The topological polar surface area (TPSA) is 54.7 Å². The fourth-order valence-corrected chi connectivity index (χ4v) is 1.16. The molecule has 1 aromatic heterocycles. The SMILES string of the molecule is COCCOCCOCCOc1cnn(C)c1. The summed E-state index contributed by atoms with van der Waals surface area (Å²) in [5.74, 6) is 0.757. The molecule has 6 nitrogen and oxygen atoms in total. The van der Waals surface area contributed by atoms with Crippen LogP contribution in [0.5, 0.6) is 5.75 Å². The average molecular weight is 244 g/mol. The first kappa shape index (κ1) is 14.0. The molecule has 1 aromatic rings. The molecule has 0 bridgehead atoms. The van der Waals surface area contributed by atoms with E-state index < -0.39 is 0 Å². The van der Waals surface area contributed by atoms with Gasteiger partial charge in [-0.1, -0.05) is 0 Å². The Bertz CT molecular complexity index is 291. The molecule has 98 valence electrons. The zero-order valence-corrected chi connectivity index (χ0v) is 10.4. The van der Waals surface area contributed by atoms with Gasteiger partial charge in [0.25, 0.3) is 0 Å². The molecule has 17 heavy (non-hydrogen) atoms. The van der Waals surface area contributed by atoms with Gasteiger partial charge in [-0.05, 0) is 0 Å². The summed E-state index contributed by atoms with van der Waals surface area (Å²) in [5, 5.41) is 3.99. The second-order valence-electron chi connectivity index (χ2n) is 3.42. The number of aryl methyl sites for hydroxylation is 1. The van der Waals surface area contributed by atoms with Gasteiger partial charge < -0.3 is 18.9 Å². The summed E-state index contributed by atoms with van der Waals surface area (Å²) >= 11 is 0. The van der Waals surface area contributed by atoms with Gasteiger partial charge in [-0.2, -0.15) is 5.10 Å². The first-order valence-electron chi connectivity index (χ1n) is 5.59. The van der Waals surface area contributed by atoms with Crippen molar-refractivity contribution < 1.29 is 18.9 Å². The molecule has 0 spiro atoms. The third-order valence-corrected chi connectivity index (χ3v) is 1.98. The van der Waals surface area contributed by atoms with Crippen LogP contribution in [-0.2, 0) is 21.3 Å². The molecule has 0 aromatic carbocycles. The summed E-state index contributed by atoms with van der Waals surface area (Å²) in [7, 11) is 3.50. The monoisotopic (exact) mass is 244 g/mol. The highest BCUT2D eigenvalue weighted by Gasteiger charge is 1.96. The van der Waals surface area contributed by atoms with Crippen LogP contribution in [0.1, 0.15) is 0 Å². The number of hydrogen-bond acceptors (Lipinski definition) is 5. The maximum atomic E-state index is 5.40. The zero-order chi connectivity index (χ0) is 12.3. The number of hydrogen-bond donors (Lipinski definition) is 0. The highest BCUT2D eigenvalue weighted by Crippen LogP contribution is 2.05. The fraction of sp³-hybridized carbons (Fsp3) is 0.727. The molecular weight excluding hydrogens is 224 g/mol. The van der Waals surface area contributed by atoms with E-state index in [1.807, 2.05) is 13.2 Å². The lowest BCUT2D eigenvalue weighted by Crippen LogP contribution is -2.12. The van der Waals surface area contributed by atoms with Gasteiger partial charge in [0.15, 0.2) is 5.75 Å². The summed E-state index contributed by atoms with van der Waals surface area (Å²) in [6.45, 7) is 3.43. The summed E-state index contributed by atoms with van der Waals surface area (Å²) in [5.41, 5.74) is 0. The van der Waals surface area contributed by atoms with E-state index in [4.69, 9.17) is 18.9 Å². The van der Waals surface area contributed by atoms with E-state index in [2.05, 4.69) is 5.10 Å². The van der Waals surface area contributed by atoms with E-state index in [-0.39, 0.29) is 0 Å². The Morgan fingerprint density at radius 1 is 1.06 bits per heavy atom.